The lowest BCUT2D eigenvalue weighted by Gasteiger charge is -2.35. The van der Waals surface area contributed by atoms with E-state index in [0.717, 1.165) is 25.7 Å². The van der Waals surface area contributed by atoms with Crippen LogP contribution in [0.1, 0.15) is 46.5 Å². The number of carbonyl (C=O) groups excluding carboxylic acids is 3. The van der Waals surface area contributed by atoms with E-state index >= 15 is 0 Å². The fraction of sp³-hybridized carbons (Fsp3) is 0.435. The van der Waals surface area contributed by atoms with Gasteiger partial charge in [-0.2, -0.15) is 0 Å². The summed E-state index contributed by atoms with van der Waals surface area (Å²) < 4.78 is 1.71. The molecule has 1 aromatic carbocycles. The second-order valence-electron chi connectivity index (χ2n) is 8.16. The van der Waals surface area contributed by atoms with Gasteiger partial charge in [-0.3, -0.25) is 14.4 Å². The Morgan fingerprint density at radius 1 is 0.903 bits per heavy atom. The molecule has 0 radical (unpaired) electrons. The third-order valence-electron chi connectivity index (χ3n) is 6.03. The van der Waals surface area contributed by atoms with Crippen LogP contribution in [0.5, 0.6) is 0 Å². The van der Waals surface area contributed by atoms with Crippen molar-refractivity contribution in [2.45, 2.75) is 38.3 Å². The zero-order valence-electron chi connectivity index (χ0n) is 17.4. The van der Waals surface area contributed by atoms with Crippen molar-refractivity contribution in [2.24, 2.45) is 0 Å². The quantitative estimate of drug-likeness (QED) is 0.773. The summed E-state index contributed by atoms with van der Waals surface area (Å²) in [4.78, 5) is 41.6. The van der Waals surface area contributed by atoms with Crippen LogP contribution in [0, 0.1) is 0 Å². The molecule has 164 valence electrons. The highest BCUT2D eigenvalue weighted by Crippen LogP contribution is 2.18. The molecule has 1 saturated carbocycles. The summed E-state index contributed by atoms with van der Waals surface area (Å²) in [6, 6.07) is 10.6. The second kappa shape index (κ2) is 9.56. The Bertz CT molecular complexity index is 942. The van der Waals surface area contributed by atoms with Crippen molar-refractivity contribution < 1.29 is 14.4 Å². The zero-order valence-corrected chi connectivity index (χ0v) is 18.2. The van der Waals surface area contributed by atoms with Crippen LogP contribution in [0.2, 0.25) is 5.02 Å². The minimum absolute atomic E-state index is 0.0595. The van der Waals surface area contributed by atoms with Gasteiger partial charge in [0.05, 0.1) is 0 Å². The van der Waals surface area contributed by atoms with E-state index in [-0.39, 0.29) is 30.3 Å². The van der Waals surface area contributed by atoms with Gasteiger partial charge in [0.2, 0.25) is 5.91 Å². The van der Waals surface area contributed by atoms with E-state index in [0.29, 0.717) is 42.5 Å². The summed E-state index contributed by atoms with van der Waals surface area (Å²) >= 11 is 5.90. The number of nitrogens with one attached hydrogen (secondary N) is 1. The van der Waals surface area contributed by atoms with Gasteiger partial charge < -0.3 is 19.7 Å². The monoisotopic (exact) mass is 442 g/mol. The van der Waals surface area contributed by atoms with Crippen molar-refractivity contribution >= 4 is 29.3 Å². The number of carbonyl (C=O) groups is 3. The van der Waals surface area contributed by atoms with Crippen LogP contribution < -0.4 is 5.32 Å². The molecule has 2 fully saturated rings. The molecule has 8 heteroatoms. The average molecular weight is 443 g/mol. The van der Waals surface area contributed by atoms with E-state index in [4.69, 9.17) is 11.6 Å². The fourth-order valence-electron chi connectivity index (χ4n) is 4.29. The highest BCUT2D eigenvalue weighted by atomic mass is 35.5. The fourth-order valence-corrected chi connectivity index (χ4v) is 4.42. The van der Waals surface area contributed by atoms with Crippen LogP contribution >= 0.6 is 11.6 Å². The molecule has 0 spiro atoms. The van der Waals surface area contributed by atoms with Gasteiger partial charge in [0, 0.05) is 49.0 Å². The molecular weight excluding hydrogens is 416 g/mol. The lowest BCUT2D eigenvalue weighted by Crippen LogP contribution is -2.51. The first-order valence-corrected chi connectivity index (χ1v) is 11.2. The number of halogens is 1. The van der Waals surface area contributed by atoms with Crippen molar-refractivity contribution in [2.75, 3.05) is 26.2 Å². The zero-order chi connectivity index (χ0) is 21.8. The molecular formula is C23H27ClN4O3. The molecule has 31 heavy (non-hydrogen) atoms. The van der Waals surface area contributed by atoms with Crippen LogP contribution in [0.3, 0.4) is 0 Å². The summed E-state index contributed by atoms with van der Waals surface area (Å²) in [6.07, 6.45) is 6.14. The van der Waals surface area contributed by atoms with Crippen LogP contribution in [0.15, 0.2) is 42.6 Å². The third kappa shape index (κ3) is 5.10. The first-order chi connectivity index (χ1) is 15.0. The minimum atomic E-state index is -0.114. The van der Waals surface area contributed by atoms with Gasteiger partial charge in [-0.15, -0.1) is 0 Å². The summed E-state index contributed by atoms with van der Waals surface area (Å²) in [6.45, 7) is 1.99. The van der Waals surface area contributed by atoms with Crippen LogP contribution in [-0.2, 0) is 11.3 Å². The van der Waals surface area contributed by atoms with Crippen molar-refractivity contribution in [1.29, 1.82) is 0 Å². The maximum atomic E-state index is 13.0. The largest absolute Gasteiger partial charge is 0.352 e. The molecule has 0 atom stereocenters. The number of hydrogen-bond donors (Lipinski definition) is 1. The lowest BCUT2D eigenvalue weighted by atomic mass is 10.2. The molecule has 0 unspecified atom stereocenters. The van der Waals surface area contributed by atoms with Gasteiger partial charge in [-0.1, -0.05) is 24.4 Å². The number of hydrogen-bond acceptors (Lipinski definition) is 3. The lowest BCUT2D eigenvalue weighted by molar-refractivity contribution is -0.122. The first kappa shape index (κ1) is 21.4. The molecule has 1 N–H and O–H groups in total. The maximum Gasteiger partial charge on any atom is 0.270 e. The van der Waals surface area contributed by atoms with E-state index in [9.17, 15) is 14.4 Å². The Balaban J connectivity index is 1.32. The van der Waals surface area contributed by atoms with Crippen molar-refractivity contribution in [1.82, 2.24) is 19.7 Å². The van der Waals surface area contributed by atoms with E-state index in [1.54, 1.807) is 57.0 Å². The van der Waals surface area contributed by atoms with Gasteiger partial charge >= 0.3 is 0 Å². The summed E-state index contributed by atoms with van der Waals surface area (Å²) in [5.41, 5.74) is 1.09. The molecule has 1 saturated heterocycles. The average Bonchev–Trinajstić information content (AvgIpc) is 3.45. The Hall–Kier alpha value is -2.80. The smallest absolute Gasteiger partial charge is 0.270 e. The van der Waals surface area contributed by atoms with Crippen molar-refractivity contribution in [3.8, 4) is 0 Å². The second-order valence-corrected chi connectivity index (χ2v) is 8.60. The molecule has 2 aromatic rings. The number of amides is 3. The Morgan fingerprint density at radius 3 is 2.16 bits per heavy atom. The van der Waals surface area contributed by atoms with E-state index in [1.165, 1.54) is 0 Å². The first-order valence-electron chi connectivity index (χ1n) is 10.8. The summed E-state index contributed by atoms with van der Waals surface area (Å²) in [5.74, 6) is -0.233. The molecule has 1 aromatic heterocycles. The molecule has 3 amide bonds. The van der Waals surface area contributed by atoms with Gasteiger partial charge in [-0.25, -0.2) is 0 Å². The standard InChI is InChI=1S/C23H27ClN4O3/c24-18-9-7-17(8-10-18)22(30)26-12-14-27(15-13-26)23(31)20-6-3-11-28(20)16-21(29)25-19-4-1-2-5-19/h3,6-11,19H,1-2,4-5,12-16H2,(H,25,29). The Kier molecular flexibility index (Phi) is 6.61. The Labute approximate surface area is 186 Å². The van der Waals surface area contributed by atoms with E-state index in [1.807, 2.05) is 0 Å². The van der Waals surface area contributed by atoms with Crippen LogP contribution in [0.25, 0.3) is 0 Å². The van der Waals surface area contributed by atoms with Crippen LogP contribution in [-0.4, -0.2) is 64.3 Å². The Morgan fingerprint density at radius 2 is 1.52 bits per heavy atom. The summed E-state index contributed by atoms with van der Waals surface area (Å²) in [7, 11) is 0. The van der Waals surface area contributed by atoms with E-state index < -0.39 is 0 Å². The molecule has 1 aliphatic heterocycles. The minimum Gasteiger partial charge on any atom is -0.352 e. The number of nitrogens with zero attached hydrogens (tertiary/aromatic N) is 3. The van der Waals surface area contributed by atoms with Gasteiger partial charge in [-0.05, 0) is 49.2 Å². The number of rotatable bonds is 5. The topological polar surface area (TPSA) is 74.7 Å². The van der Waals surface area contributed by atoms with Crippen molar-refractivity contribution in [3.63, 3.8) is 0 Å². The highest BCUT2D eigenvalue weighted by Gasteiger charge is 2.27. The van der Waals surface area contributed by atoms with E-state index in [2.05, 4.69) is 5.32 Å². The molecule has 1 aliphatic carbocycles. The highest BCUT2D eigenvalue weighted by molar-refractivity contribution is 6.30. The maximum absolute atomic E-state index is 13.0. The third-order valence-corrected chi connectivity index (χ3v) is 6.28. The summed E-state index contributed by atoms with van der Waals surface area (Å²) in [5, 5.41) is 3.65. The molecule has 7 nitrogen and oxygen atoms in total. The number of benzene rings is 1. The molecule has 2 aliphatic rings. The van der Waals surface area contributed by atoms with Crippen LogP contribution in [0.4, 0.5) is 0 Å². The van der Waals surface area contributed by atoms with Crippen molar-refractivity contribution in [3.05, 3.63) is 58.9 Å². The predicted molar refractivity (Wildman–Crippen MR) is 118 cm³/mol. The number of piperazine rings is 1. The van der Waals surface area contributed by atoms with Gasteiger partial charge in [0.15, 0.2) is 0 Å². The van der Waals surface area contributed by atoms with Gasteiger partial charge in [0.1, 0.15) is 12.2 Å². The molecule has 4 rings (SSSR count). The number of aromatic nitrogens is 1. The van der Waals surface area contributed by atoms with Gasteiger partial charge in [0.25, 0.3) is 11.8 Å². The normalized spacial score (nSPS) is 17.1. The molecule has 0 bridgehead atoms. The SMILES string of the molecule is O=C(Cn1cccc1C(=O)N1CCN(C(=O)c2ccc(Cl)cc2)CC1)NC1CCCC1. The molecule has 2 heterocycles. The predicted octanol–water partition coefficient (Wildman–Crippen LogP) is 2.80.